The van der Waals surface area contributed by atoms with Gasteiger partial charge in [-0.2, -0.15) is 0 Å². The largest absolute Gasteiger partial charge is 0.0999 e. The van der Waals surface area contributed by atoms with Crippen LogP contribution in [0.3, 0.4) is 0 Å². The first kappa shape index (κ1) is 78.7. The van der Waals surface area contributed by atoms with Crippen LogP contribution in [0.5, 0.6) is 0 Å². The molecule has 0 aromatic heterocycles. The van der Waals surface area contributed by atoms with Crippen molar-refractivity contribution in [2.45, 2.75) is 261 Å². The quantitative estimate of drug-likeness (QED) is 0.0213. The summed E-state index contributed by atoms with van der Waals surface area (Å²) >= 11 is 0. The molecule has 0 spiro atoms. The average Bonchev–Trinajstić information content (AvgIpc) is 3.52. The first-order valence-corrected chi connectivity index (χ1v) is 33.3. The summed E-state index contributed by atoms with van der Waals surface area (Å²) in [4.78, 5) is 0. The van der Waals surface area contributed by atoms with Crippen molar-refractivity contribution in [1.29, 1.82) is 0 Å². The molecule has 0 nitrogen and oxygen atoms in total. The monoisotopic (exact) mass is 1110 g/mol. The highest BCUT2D eigenvalue weighted by Gasteiger charge is 2.06. The molecule has 0 aliphatic heterocycles. The van der Waals surface area contributed by atoms with E-state index in [1.165, 1.54) is 217 Å². The van der Waals surface area contributed by atoms with Crippen LogP contribution < -0.4 is 0 Å². The Bertz CT molecular complexity index is 2100. The molecule has 0 saturated carbocycles. The molecular formula is C82H127+. The molecule has 0 radical (unpaired) electrons. The van der Waals surface area contributed by atoms with Crippen molar-refractivity contribution < 1.29 is 0 Å². The molecule has 5 rings (SSSR count). The zero-order valence-electron chi connectivity index (χ0n) is 55.0. The first-order chi connectivity index (χ1) is 40.0. The van der Waals surface area contributed by atoms with E-state index in [2.05, 4.69) is 204 Å². The fourth-order valence-electron chi connectivity index (χ4n) is 8.86. The first-order valence-electron chi connectivity index (χ1n) is 33.3. The van der Waals surface area contributed by atoms with Gasteiger partial charge >= 0.3 is 0 Å². The third kappa shape index (κ3) is 52.7. The van der Waals surface area contributed by atoms with E-state index in [1.807, 2.05) is 48.5 Å². The Morgan fingerprint density at radius 2 is 0.720 bits per heavy atom. The zero-order valence-corrected chi connectivity index (χ0v) is 55.0. The maximum Gasteiger partial charge on any atom is 0.0850 e. The van der Waals surface area contributed by atoms with Gasteiger partial charge in [-0.15, -0.1) is 0 Å². The van der Waals surface area contributed by atoms with E-state index >= 15 is 0 Å². The molecule has 5 aromatic rings. The molecule has 0 saturated heterocycles. The van der Waals surface area contributed by atoms with E-state index in [0.29, 0.717) is 0 Å². The van der Waals surface area contributed by atoms with Gasteiger partial charge in [0.05, 0.1) is 13.3 Å². The topological polar surface area (TPSA) is 0 Å². The highest BCUT2D eigenvalue weighted by atomic mass is 14.1. The van der Waals surface area contributed by atoms with E-state index < -0.39 is 0 Å². The molecule has 0 bridgehead atoms. The Kier molecular flexibility index (Phi) is 59.3. The van der Waals surface area contributed by atoms with Gasteiger partial charge < -0.3 is 0 Å². The van der Waals surface area contributed by atoms with Gasteiger partial charge in [0.15, 0.2) is 0 Å². The van der Waals surface area contributed by atoms with Crippen LogP contribution >= 0.6 is 0 Å². The Labute approximate surface area is 511 Å². The smallest absolute Gasteiger partial charge is 0.0850 e. The summed E-state index contributed by atoms with van der Waals surface area (Å²) in [5.74, 6) is 0.749. The summed E-state index contributed by atoms with van der Waals surface area (Å²) in [7, 11) is 0. The normalized spacial score (nSPS) is 10.3. The molecule has 1 unspecified atom stereocenters. The zero-order chi connectivity index (χ0) is 60.8. The van der Waals surface area contributed by atoms with Crippen molar-refractivity contribution in [3.8, 4) is 0 Å². The van der Waals surface area contributed by atoms with Crippen LogP contribution in [-0.4, -0.2) is 0 Å². The van der Waals surface area contributed by atoms with Gasteiger partial charge in [0.2, 0.25) is 0 Å². The van der Waals surface area contributed by atoms with Crippen LogP contribution in [0.1, 0.15) is 269 Å². The maximum absolute atomic E-state index is 4.21. The predicted octanol–water partition coefficient (Wildman–Crippen LogP) is 27.3. The maximum atomic E-state index is 4.21. The van der Waals surface area contributed by atoms with E-state index in [1.54, 1.807) is 0 Å². The van der Waals surface area contributed by atoms with Gasteiger partial charge in [0.25, 0.3) is 0 Å². The molecule has 0 aliphatic carbocycles. The van der Waals surface area contributed by atoms with Crippen molar-refractivity contribution in [1.82, 2.24) is 0 Å². The van der Waals surface area contributed by atoms with Gasteiger partial charge in [-0.3, -0.25) is 0 Å². The highest BCUT2D eigenvalue weighted by Crippen LogP contribution is 2.22. The Morgan fingerprint density at radius 1 is 0.378 bits per heavy atom. The minimum absolute atomic E-state index is 0.749. The van der Waals surface area contributed by atoms with Crippen molar-refractivity contribution >= 4 is 11.6 Å². The molecule has 0 amide bonds. The van der Waals surface area contributed by atoms with Crippen LogP contribution in [0.2, 0.25) is 0 Å². The third-order valence-electron chi connectivity index (χ3n) is 14.7. The lowest BCUT2D eigenvalue weighted by atomic mass is 9.92. The molecule has 0 heterocycles. The fraction of sp³-hybridized carbons (Fsp3) is 0.500. The number of rotatable bonds is 36. The number of benzene rings is 5. The van der Waals surface area contributed by atoms with Crippen molar-refractivity contribution in [2.24, 2.45) is 5.92 Å². The van der Waals surface area contributed by atoms with Gasteiger partial charge in [-0.25, -0.2) is 0 Å². The second kappa shape index (κ2) is 61.7. The second-order valence-corrected chi connectivity index (χ2v) is 22.4. The Balaban J connectivity index is 0. The number of hydrogen-bond acceptors (Lipinski definition) is 0. The second-order valence-electron chi connectivity index (χ2n) is 22.4. The van der Waals surface area contributed by atoms with E-state index in [-0.39, 0.29) is 0 Å². The molecule has 454 valence electrons. The summed E-state index contributed by atoms with van der Waals surface area (Å²) in [6.07, 6.45) is 43.2. The minimum atomic E-state index is 0.749. The molecule has 82 heavy (non-hydrogen) atoms. The van der Waals surface area contributed by atoms with Crippen LogP contribution in [-0.2, 0) is 19.3 Å². The molecule has 1 atom stereocenters. The number of unbranched alkanes of at least 4 members (excludes halogenated alkanes) is 16. The molecule has 0 heteroatoms. The lowest BCUT2D eigenvalue weighted by Gasteiger charge is -2.14. The van der Waals surface area contributed by atoms with E-state index in [4.69, 9.17) is 0 Å². The average molecular weight is 1110 g/mol. The van der Waals surface area contributed by atoms with Gasteiger partial charge in [-0.05, 0) is 142 Å². The summed E-state index contributed by atoms with van der Waals surface area (Å²) in [5.41, 5.74) is 12.2. The van der Waals surface area contributed by atoms with Gasteiger partial charge in [0.1, 0.15) is 0 Å². The summed E-state index contributed by atoms with van der Waals surface area (Å²) in [6.45, 7) is 42.0. The van der Waals surface area contributed by atoms with Crippen molar-refractivity contribution in [2.75, 3.05) is 0 Å². The van der Waals surface area contributed by atoms with Crippen LogP contribution in [0, 0.1) is 12.8 Å². The third-order valence-corrected chi connectivity index (χ3v) is 14.7. The van der Waals surface area contributed by atoms with Crippen LogP contribution in [0.15, 0.2) is 201 Å². The van der Waals surface area contributed by atoms with Crippen molar-refractivity contribution in [3.63, 3.8) is 0 Å². The van der Waals surface area contributed by atoms with Gasteiger partial charge in [-0.1, -0.05) is 359 Å². The number of aryl methyl sites for hydroxylation is 3. The molecule has 0 N–H and O–H groups in total. The molecule has 0 fully saturated rings. The molecule has 0 aliphatic rings. The summed E-state index contributed by atoms with van der Waals surface area (Å²) < 4.78 is 0. The molecule has 5 aromatic carbocycles. The number of hydrogen-bond donors (Lipinski definition) is 0. The van der Waals surface area contributed by atoms with Crippen LogP contribution in [0.25, 0.3) is 11.6 Å². The summed E-state index contributed by atoms with van der Waals surface area (Å²) in [6, 6.07) is 52.1. The van der Waals surface area contributed by atoms with Crippen molar-refractivity contribution in [3.05, 3.63) is 236 Å². The lowest BCUT2D eigenvalue weighted by Crippen LogP contribution is -1.98. The van der Waals surface area contributed by atoms with Crippen LogP contribution in [0.4, 0.5) is 0 Å². The van der Waals surface area contributed by atoms with Gasteiger partial charge in [0, 0.05) is 0 Å². The lowest BCUT2D eigenvalue weighted by molar-refractivity contribution is 0.531. The minimum Gasteiger partial charge on any atom is -0.0999 e. The van der Waals surface area contributed by atoms with E-state index in [9.17, 15) is 0 Å². The fourth-order valence-corrected chi connectivity index (χ4v) is 8.86. The van der Waals surface area contributed by atoms with E-state index in [0.717, 1.165) is 44.4 Å². The predicted molar refractivity (Wildman–Crippen MR) is 378 cm³/mol. The number of allylic oxidation sites excluding steroid dienone is 4. The Hall–Kier alpha value is -5.33. The summed E-state index contributed by atoms with van der Waals surface area (Å²) in [5, 5.41) is 0. The SMILES string of the molecule is C=C(CCCCC)C(C)CCCCC.C=C(CCCCC)CCCCCCC.C=C(CCCCC)CCc1ccccc1.C=C(CCc1ccccc1)c1ccccc1.C=Cc1ccccc1.CCc1ccccc1.[CH2+]CCCCCC. The molecular weight excluding hydrogens is 985 g/mol. The Morgan fingerprint density at radius 3 is 1.12 bits per heavy atom. The standard InChI is InChI=1S/C16H16.C15H22.2C14H28.C8H10.C8H8.C7H15/c1-14(16-10-6-3-7-11-16)12-13-15-8-4-2-5-9-15;1-3-4-6-9-14(2)12-13-15-10-7-5-8-11-15;1-5-7-9-11-13(3)14(4)12-10-8-6-2;1-4-6-8-9-11-13-14(3)12-10-7-5-2;2*1-2-8-6-4-3-5-7-8;1-3-5-7-6-4-2/h2-11H,1,12-13H2;5,7-8,10-11H,2-4,6,9,12-13H2,1H3;14H,3,5-12H2,1-2,4H3;3-13H2,1-2H3;3-7H,2H2,1H3;2-7H,1H2;1,3-7H2,2H3/q;;;;;;+1. The highest BCUT2D eigenvalue weighted by molar-refractivity contribution is 5.63.